The second-order valence-corrected chi connectivity index (χ2v) is 7.27. The van der Waals surface area contributed by atoms with E-state index in [1.165, 1.54) is 17.5 Å². The van der Waals surface area contributed by atoms with Crippen LogP contribution < -0.4 is 27.4 Å². The number of nitrogens with two attached hydrogens (primary N) is 2. The zero-order chi connectivity index (χ0) is 23.1. The molecule has 0 bridgehead atoms. The summed E-state index contributed by atoms with van der Waals surface area (Å²) in [7, 11) is 6.91. The highest BCUT2D eigenvalue weighted by molar-refractivity contribution is 8.14. The number of hydrogen-bond acceptors (Lipinski definition) is 7. The molecule has 2 aliphatic rings. The molecule has 12 heteroatoms. The molecule has 0 radical (unpaired) electrons. The van der Waals surface area contributed by atoms with E-state index >= 15 is 0 Å². The Morgan fingerprint density at radius 1 is 0.875 bits per heavy atom. The van der Waals surface area contributed by atoms with Gasteiger partial charge in [0.15, 0.2) is 16.3 Å². The first-order valence-corrected chi connectivity index (χ1v) is 11.1. The van der Waals surface area contributed by atoms with Crippen LogP contribution in [0.5, 0.6) is 0 Å². The SMILES string of the molecule is C.C.C.CC(C)=N.CN=C(C)N.CN=C(N)SC.CN=C1NCCN1.CN=C1NCCS1. The number of guanidine groups is 1. The zero-order valence-electron chi connectivity index (χ0n) is 19.1. The van der Waals surface area contributed by atoms with Gasteiger partial charge in [0, 0.05) is 59.3 Å². The van der Waals surface area contributed by atoms with Crippen LogP contribution in [0.25, 0.3) is 0 Å². The molecule has 2 fully saturated rings. The van der Waals surface area contributed by atoms with Crippen LogP contribution in [0.15, 0.2) is 20.0 Å². The molecule has 0 unspecified atom stereocenters. The van der Waals surface area contributed by atoms with Gasteiger partial charge >= 0.3 is 0 Å². The van der Waals surface area contributed by atoms with Crippen molar-refractivity contribution < 1.29 is 0 Å². The van der Waals surface area contributed by atoms with Crippen LogP contribution in [0.1, 0.15) is 43.1 Å². The first-order chi connectivity index (χ1) is 13.7. The fraction of sp³-hybridized carbons (Fsp3) is 0.750. The van der Waals surface area contributed by atoms with Gasteiger partial charge in [-0.1, -0.05) is 45.8 Å². The van der Waals surface area contributed by atoms with E-state index < -0.39 is 0 Å². The zero-order valence-corrected chi connectivity index (χ0v) is 20.7. The monoisotopic (exact) mass is 496 g/mol. The van der Waals surface area contributed by atoms with Crippen LogP contribution >= 0.6 is 23.5 Å². The Balaban J connectivity index is -0.0000000655. The van der Waals surface area contributed by atoms with E-state index in [0.717, 1.165) is 30.8 Å². The molecular weight excluding hydrogens is 444 g/mol. The summed E-state index contributed by atoms with van der Waals surface area (Å²) in [5.41, 5.74) is 10.9. The molecule has 0 aromatic heterocycles. The van der Waals surface area contributed by atoms with Gasteiger partial charge in [0.05, 0.1) is 5.84 Å². The van der Waals surface area contributed by atoms with Crippen LogP contribution in [0, 0.1) is 5.41 Å². The number of hydrogen-bond donors (Lipinski definition) is 6. The lowest BCUT2D eigenvalue weighted by Gasteiger charge is -1.90. The van der Waals surface area contributed by atoms with Crippen molar-refractivity contribution in [3.63, 3.8) is 0 Å². The summed E-state index contributed by atoms with van der Waals surface area (Å²) < 4.78 is 0. The maximum Gasteiger partial charge on any atom is 0.191 e. The van der Waals surface area contributed by atoms with Crippen LogP contribution in [-0.4, -0.2) is 87.7 Å². The molecule has 0 spiro atoms. The van der Waals surface area contributed by atoms with Gasteiger partial charge in [-0.3, -0.25) is 20.0 Å². The molecule has 2 rings (SSSR count). The number of nitrogens with one attached hydrogen (secondary N) is 4. The molecule has 2 heterocycles. The van der Waals surface area contributed by atoms with Crippen LogP contribution in [0.4, 0.5) is 0 Å². The lowest BCUT2D eigenvalue weighted by atomic mass is 10.5. The van der Waals surface area contributed by atoms with Gasteiger partial charge in [-0.25, -0.2) is 0 Å². The molecule has 8 N–H and O–H groups in total. The Hall–Kier alpha value is -1.95. The standard InChI is InChI=1S/C4H9N3.C4H8N2S.C3H8N2S.C3H8N2.C3H7N.3CH4/c2*1-5-4-6-2-3-7-4;1-5-3(4)6-2;1-3(4)5-2;1-3(2)4;;;/h2-3H2,1H3,(H2,5,6,7);2-3H2,1H3,(H,5,6);1-2H3,(H2,4,5);1-2H3,(H2,4,5);4H,1-2H3;3*1H4. The molecule has 2 aliphatic heterocycles. The van der Waals surface area contributed by atoms with Crippen molar-refractivity contribution in [2.24, 2.45) is 31.4 Å². The molecule has 32 heavy (non-hydrogen) atoms. The average Bonchev–Trinajstić information content (AvgIpc) is 3.41. The van der Waals surface area contributed by atoms with Crippen LogP contribution in [0.2, 0.25) is 0 Å². The lowest BCUT2D eigenvalue weighted by Crippen LogP contribution is -2.23. The van der Waals surface area contributed by atoms with Crippen LogP contribution in [-0.2, 0) is 0 Å². The molecule has 0 amide bonds. The van der Waals surface area contributed by atoms with Crippen molar-refractivity contribution in [3.05, 3.63) is 0 Å². The molecule has 10 nitrogen and oxygen atoms in total. The van der Waals surface area contributed by atoms with Crippen molar-refractivity contribution >= 4 is 51.4 Å². The quantitative estimate of drug-likeness (QED) is 0.222. The Kier molecular flexibility index (Phi) is 46.1. The number of nitrogens with zero attached hydrogens (tertiary/aromatic N) is 4. The third-order valence-electron chi connectivity index (χ3n) is 2.54. The van der Waals surface area contributed by atoms with E-state index in [1.807, 2.05) is 6.26 Å². The molecule has 0 atom stereocenters. The summed E-state index contributed by atoms with van der Waals surface area (Å²) >= 11 is 3.23. The number of amidine groups is 3. The summed E-state index contributed by atoms with van der Waals surface area (Å²) in [4.78, 5) is 15.1. The predicted octanol–water partition coefficient (Wildman–Crippen LogP) is 2.72. The molecule has 0 aromatic carbocycles. The molecule has 0 aromatic rings. The Morgan fingerprint density at radius 2 is 1.31 bits per heavy atom. The largest absolute Gasteiger partial charge is 0.388 e. The van der Waals surface area contributed by atoms with Gasteiger partial charge in [-0.15, -0.1) is 0 Å². The summed E-state index contributed by atoms with van der Waals surface area (Å²) in [5.74, 6) is 2.72. The van der Waals surface area contributed by atoms with Gasteiger partial charge in [-0.05, 0) is 27.0 Å². The third-order valence-corrected chi connectivity index (χ3v) is 4.15. The van der Waals surface area contributed by atoms with Gasteiger partial charge in [-0.2, -0.15) is 0 Å². The Bertz CT molecular complexity index is 484. The highest BCUT2D eigenvalue weighted by Crippen LogP contribution is 2.05. The van der Waals surface area contributed by atoms with Crippen LogP contribution in [0.3, 0.4) is 0 Å². The van der Waals surface area contributed by atoms with Crippen molar-refractivity contribution in [1.29, 1.82) is 5.41 Å². The smallest absolute Gasteiger partial charge is 0.191 e. The Labute approximate surface area is 207 Å². The van der Waals surface area contributed by atoms with E-state index in [9.17, 15) is 0 Å². The van der Waals surface area contributed by atoms with E-state index in [0.29, 0.717) is 16.7 Å². The highest BCUT2D eigenvalue weighted by Gasteiger charge is 2.03. The Morgan fingerprint density at radius 3 is 1.44 bits per heavy atom. The normalized spacial score (nSPS) is 14.5. The minimum Gasteiger partial charge on any atom is -0.388 e. The minimum absolute atomic E-state index is 0. The van der Waals surface area contributed by atoms with Crippen molar-refractivity contribution in [2.75, 3.05) is 59.8 Å². The third kappa shape index (κ3) is 42.2. The van der Waals surface area contributed by atoms with Crippen molar-refractivity contribution in [1.82, 2.24) is 16.0 Å². The molecule has 2 saturated heterocycles. The van der Waals surface area contributed by atoms with E-state index in [2.05, 4.69) is 35.9 Å². The molecule has 0 aliphatic carbocycles. The van der Waals surface area contributed by atoms with Gasteiger partial charge in [0.25, 0.3) is 0 Å². The maximum absolute atomic E-state index is 6.50. The van der Waals surface area contributed by atoms with Crippen molar-refractivity contribution in [3.8, 4) is 0 Å². The van der Waals surface area contributed by atoms with E-state index in [-0.39, 0.29) is 22.3 Å². The fourth-order valence-corrected chi connectivity index (χ4v) is 2.09. The topological polar surface area (TPSA) is 161 Å². The summed E-state index contributed by atoms with van der Waals surface area (Å²) in [6.45, 7) is 8.34. The highest BCUT2D eigenvalue weighted by atomic mass is 32.2. The van der Waals surface area contributed by atoms with Gasteiger partial charge in [0.1, 0.15) is 0 Å². The number of thioether (sulfide) groups is 2. The summed E-state index contributed by atoms with van der Waals surface area (Å²) in [6, 6.07) is 0. The average molecular weight is 497 g/mol. The number of rotatable bonds is 0. The van der Waals surface area contributed by atoms with E-state index in [1.54, 1.807) is 60.7 Å². The fourth-order valence-electron chi connectivity index (χ4n) is 1.17. The predicted molar refractivity (Wildman–Crippen MR) is 157 cm³/mol. The second kappa shape index (κ2) is 33.7. The first-order valence-electron chi connectivity index (χ1n) is 8.93. The van der Waals surface area contributed by atoms with Gasteiger partial charge in [0.2, 0.25) is 0 Å². The summed E-state index contributed by atoms with van der Waals surface area (Å²) in [5, 5.41) is 17.4. The van der Waals surface area contributed by atoms with Crippen molar-refractivity contribution in [2.45, 2.75) is 43.1 Å². The lowest BCUT2D eigenvalue weighted by molar-refractivity contribution is 0.942. The molecular formula is C20H52N10S2. The van der Waals surface area contributed by atoms with Gasteiger partial charge < -0.3 is 32.8 Å². The minimum atomic E-state index is 0. The first kappa shape index (κ1) is 43.8. The molecule has 194 valence electrons. The second-order valence-electron chi connectivity index (χ2n) is 5.36. The number of aliphatic imine (C=N–C) groups is 4. The van der Waals surface area contributed by atoms with E-state index in [4.69, 9.17) is 16.9 Å². The molecule has 0 saturated carbocycles. The maximum atomic E-state index is 6.50. The summed E-state index contributed by atoms with van der Waals surface area (Å²) in [6.07, 6.45) is 1.89.